The van der Waals surface area contributed by atoms with Gasteiger partial charge in [-0.2, -0.15) is 0 Å². The molecule has 2 aromatic rings. The molecule has 0 radical (unpaired) electrons. The van der Waals surface area contributed by atoms with E-state index in [1.807, 2.05) is 54.7 Å². The number of hydrogen-bond acceptors (Lipinski definition) is 2. The molecule has 1 aromatic carbocycles. The molecule has 1 aromatic heterocycles. The Labute approximate surface area is 155 Å². The second kappa shape index (κ2) is 7.86. The van der Waals surface area contributed by atoms with Crippen molar-refractivity contribution in [2.45, 2.75) is 32.1 Å². The second-order valence-corrected chi connectivity index (χ2v) is 7.55. The normalized spacial score (nSPS) is 23.0. The minimum atomic E-state index is 0.181. The van der Waals surface area contributed by atoms with Gasteiger partial charge >= 0.3 is 0 Å². The molecule has 3 heteroatoms. The number of rotatable bonds is 3. The summed E-state index contributed by atoms with van der Waals surface area (Å²) in [5.41, 5.74) is 2.83. The first-order valence-corrected chi connectivity index (χ1v) is 9.77. The van der Waals surface area contributed by atoms with E-state index in [1.165, 1.54) is 32.1 Å². The summed E-state index contributed by atoms with van der Waals surface area (Å²) < 4.78 is 0. The fraction of sp³-hybridized carbons (Fsp3) is 0.391. The first kappa shape index (κ1) is 17.0. The molecule has 0 spiro atoms. The van der Waals surface area contributed by atoms with Gasteiger partial charge in [0, 0.05) is 31.0 Å². The van der Waals surface area contributed by atoms with E-state index >= 15 is 0 Å². The average molecular weight is 346 g/mol. The molecular formula is C23H26N2O. The van der Waals surface area contributed by atoms with Crippen LogP contribution < -0.4 is 0 Å². The van der Waals surface area contributed by atoms with Crippen molar-refractivity contribution in [2.75, 3.05) is 13.1 Å². The third kappa shape index (κ3) is 3.72. The van der Waals surface area contributed by atoms with Gasteiger partial charge in [0.15, 0.2) is 0 Å². The number of likely N-dealkylation sites (tertiary alicyclic amines) is 1. The van der Waals surface area contributed by atoms with Crippen molar-refractivity contribution >= 4 is 18.1 Å². The molecule has 0 N–H and O–H groups in total. The zero-order valence-electron chi connectivity index (χ0n) is 15.2. The van der Waals surface area contributed by atoms with Crippen LogP contribution in [0.2, 0.25) is 0 Å². The van der Waals surface area contributed by atoms with Crippen LogP contribution in [0.25, 0.3) is 12.2 Å². The summed E-state index contributed by atoms with van der Waals surface area (Å²) in [6.45, 7) is 1.84. The van der Waals surface area contributed by atoms with Gasteiger partial charge < -0.3 is 4.90 Å². The molecule has 0 bridgehead atoms. The van der Waals surface area contributed by atoms with Crippen LogP contribution in [-0.2, 0) is 0 Å². The van der Waals surface area contributed by atoms with Gasteiger partial charge in [-0.3, -0.25) is 9.78 Å². The predicted octanol–water partition coefficient (Wildman–Crippen LogP) is 4.90. The van der Waals surface area contributed by atoms with Crippen LogP contribution in [0.3, 0.4) is 0 Å². The first-order chi connectivity index (χ1) is 12.8. The molecule has 1 amide bonds. The number of piperidine rings is 1. The van der Waals surface area contributed by atoms with Gasteiger partial charge in [-0.1, -0.05) is 55.7 Å². The summed E-state index contributed by atoms with van der Waals surface area (Å²) in [6.07, 6.45) is 14.2. The van der Waals surface area contributed by atoms with Crippen molar-refractivity contribution < 1.29 is 4.79 Å². The maximum atomic E-state index is 13.2. The SMILES string of the molecule is O=C(c1ccccc1/C=C/c1cccnc1)N1CC[C@H]2CCCC[C@@H]2C1. The minimum absolute atomic E-state index is 0.181. The Bertz CT molecular complexity index is 784. The highest BCUT2D eigenvalue weighted by Crippen LogP contribution is 2.36. The van der Waals surface area contributed by atoms with E-state index in [4.69, 9.17) is 0 Å². The summed E-state index contributed by atoms with van der Waals surface area (Å²) in [7, 11) is 0. The van der Waals surface area contributed by atoms with Gasteiger partial charge in [0.2, 0.25) is 0 Å². The molecule has 2 atom stereocenters. The number of hydrogen-bond donors (Lipinski definition) is 0. The quantitative estimate of drug-likeness (QED) is 0.791. The Balaban J connectivity index is 1.52. The summed E-state index contributed by atoms with van der Waals surface area (Å²) in [5.74, 6) is 1.73. The molecule has 1 aliphatic carbocycles. The number of carbonyl (C=O) groups is 1. The van der Waals surface area contributed by atoms with Crippen LogP contribution in [0.15, 0.2) is 48.8 Å². The first-order valence-electron chi connectivity index (χ1n) is 9.77. The molecule has 2 heterocycles. The molecule has 1 saturated heterocycles. The standard InChI is InChI=1S/C23H26N2O/c26-23(25-15-13-19-7-1-2-9-21(19)17-25)22-10-4-3-8-20(22)12-11-18-6-5-14-24-16-18/h3-6,8,10-12,14,16,19,21H,1-2,7,9,13,15,17H2/b12-11+/t19-,21-/m1/s1. The van der Waals surface area contributed by atoms with Gasteiger partial charge in [-0.15, -0.1) is 0 Å². The van der Waals surface area contributed by atoms with Gasteiger partial charge in [0.1, 0.15) is 0 Å². The van der Waals surface area contributed by atoms with Crippen molar-refractivity contribution in [3.05, 3.63) is 65.5 Å². The molecule has 2 aliphatic rings. The van der Waals surface area contributed by atoms with Crippen molar-refractivity contribution in [3.63, 3.8) is 0 Å². The maximum absolute atomic E-state index is 13.2. The number of carbonyl (C=O) groups excluding carboxylic acids is 1. The predicted molar refractivity (Wildman–Crippen MR) is 106 cm³/mol. The molecule has 134 valence electrons. The topological polar surface area (TPSA) is 33.2 Å². The largest absolute Gasteiger partial charge is 0.338 e. The van der Waals surface area contributed by atoms with Crippen molar-refractivity contribution in [1.82, 2.24) is 9.88 Å². The lowest BCUT2D eigenvalue weighted by Gasteiger charge is -2.41. The number of benzene rings is 1. The number of amides is 1. The highest BCUT2D eigenvalue weighted by Gasteiger charge is 2.33. The third-order valence-corrected chi connectivity index (χ3v) is 5.91. The zero-order valence-corrected chi connectivity index (χ0v) is 15.2. The van der Waals surface area contributed by atoms with Crippen LogP contribution in [-0.4, -0.2) is 28.9 Å². The van der Waals surface area contributed by atoms with Crippen LogP contribution in [0.4, 0.5) is 0 Å². The van der Waals surface area contributed by atoms with Crippen LogP contribution in [0.5, 0.6) is 0 Å². The molecular weight excluding hydrogens is 320 g/mol. The number of nitrogens with zero attached hydrogens (tertiary/aromatic N) is 2. The lowest BCUT2D eigenvalue weighted by molar-refractivity contribution is 0.0520. The lowest BCUT2D eigenvalue weighted by Crippen LogP contribution is -2.44. The fourth-order valence-electron chi connectivity index (χ4n) is 4.45. The van der Waals surface area contributed by atoms with Crippen molar-refractivity contribution in [2.24, 2.45) is 11.8 Å². The fourth-order valence-corrected chi connectivity index (χ4v) is 4.45. The second-order valence-electron chi connectivity index (χ2n) is 7.55. The Morgan fingerprint density at radius 1 is 1.00 bits per heavy atom. The Kier molecular flexibility index (Phi) is 5.14. The van der Waals surface area contributed by atoms with Crippen LogP contribution in [0.1, 0.15) is 53.6 Å². The Morgan fingerprint density at radius 2 is 1.85 bits per heavy atom. The molecule has 3 nitrogen and oxygen atoms in total. The van der Waals surface area contributed by atoms with Crippen LogP contribution >= 0.6 is 0 Å². The molecule has 1 aliphatic heterocycles. The van der Waals surface area contributed by atoms with E-state index in [-0.39, 0.29) is 5.91 Å². The van der Waals surface area contributed by atoms with Gasteiger partial charge in [-0.25, -0.2) is 0 Å². The highest BCUT2D eigenvalue weighted by molar-refractivity contribution is 5.98. The summed E-state index contributed by atoms with van der Waals surface area (Å²) in [5, 5.41) is 0. The van der Waals surface area contributed by atoms with E-state index in [2.05, 4.69) is 9.88 Å². The molecule has 2 fully saturated rings. The van der Waals surface area contributed by atoms with Crippen LogP contribution in [0, 0.1) is 11.8 Å². The Morgan fingerprint density at radius 3 is 2.69 bits per heavy atom. The van der Waals surface area contributed by atoms with Crippen molar-refractivity contribution in [3.8, 4) is 0 Å². The summed E-state index contributed by atoms with van der Waals surface area (Å²) >= 11 is 0. The number of aromatic nitrogens is 1. The zero-order chi connectivity index (χ0) is 17.8. The lowest BCUT2D eigenvalue weighted by atomic mass is 9.75. The maximum Gasteiger partial charge on any atom is 0.254 e. The smallest absolute Gasteiger partial charge is 0.254 e. The highest BCUT2D eigenvalue weighted by atomic mass is 16.2. The van der Waals surface area contributed by atoms with E-state index in [9.17, 15) is 4.79 Å². The van der Waals surface area contributed by atoms with Crippen molar-refractivity contribution in [1.29, 1.82) is 0 Å². The van der Waals surface area contributed by atoms with Gasteiger partial charge in [-0.05, 0) is 47.9 Å². The van der Waals surface area contributed by atoms with Gasteiger partial charge in [0.25, 0.3) is 5.91 Å². The van der Waals surface area contributed by atoms with E-state index in [1.54, 1.807) is 6.20 Å². The minimum Gasteiger partial charge on any atom is -0.338 e. The molecule has 0 unspecified atom stereocenters. The average Bonchev–Trinajstić information content (AvgIpc) is 2.72. The molecule has 1 saturated carbocycles. The van der Waals surface area contributed by atoms with E-state index in [0.717, 1.165) is 35.7 Å². The number of pyridine rings is 1. The third-order valence-electron chi connectivity index (χ3n) is 5.91. The monoisotopic (exact) mass is 346 g/mol. The Hall–Kier alpha value is -2.42. The number of fused-ring (bicyclic) bond motifs is 1. The van der Waals surface area contributed by atoms with E-state index in [0.29, 0.717) is 5.92 Å². The van der Waals surface area contributed by atoms with E-state index < -0.39 is 0 Å². The molecule has 4 rings (SSSR count). The van der Waals surface area contributed by atoms with Gasteiger partial charge in [0.05, 0.1) is 0 Å². The molecule has 26 heavy (non-hydrogen) atoms. The summed E-state index contributed by atoms with van der Waals surface area (Å²) in [6, 6.07) is 11.9. The summed E-state index contributed by atoms with van der Waals surface area (Å²) in [4.78, 5) is 19.4.